The van der Waals surface area contributed by atoms with Crippen molar-refractivity contribution in [2.45, 2.75) is 38.7 Å². The zero-order valence-corrected chi connectivity index (χ0v) is 9.04. The summed E-state index contributed by atoms with van der Waals surface area (Å²) in [5.41, 5.74) is 0. The minimum Gasteiger partial charge on any atom is -0.442 e. The molecule has 1 saturated heterocycles. The van der Waals surface area contributed by atoms with Gasteiger partial charge in [-0.1, -0.05) is 19.8 Å². The Hall–Kier alpha value is -1.26. The fourth-order valence-electron chi connectivity index (χ4n) is 1.40. The van der Waals surface area contributed by atoms with Crippen molar-refractivity contribution in [1.82, 2.24) is 10.6 Å². The fourth-order valence-corrected chi connectivity index (χ4v) is 1.40. The molecule has 1 heterocycles. The van der Waals surface area contributed by atoms with Gasteiger partial charge in [0.25, 0.3) is 0 Å². The van der Waals surface area contributed by atoms with Crippen LogP contribution in [0.3, 0.4) is 0 Å². The average Bonchev–Trinajstić information content (AvgIpc) is 2.62. The minimum absolute atomic E-state index is 0.0337. The lowest BCUT2D eigenvalue weighted by Gasteiger charge is -2.09. The molecule has 0 aromatic carbocycles. The lowest BCUT2D eigenvalue weighted by atomic mass is 10.2. The summed E-state index contributed by atoms with van der Waals surface area (Å²) >= 11 is 0. The average molecular weight is 214 g/mol. The second kappa shape index (κ2) is 6.27. The molecule has 0 unspecified atom stereocenters. The van der Waals surface area contributed by atoms with Gasteiger partial charge in [0, 0.05) is 6.42 Å². The summed E-state index contributed by atoms with van der Waals surface area (Å²) in [6, 6.07) is 0. The highest BCUT2D eigenvalue weighted by Gasteiger charge is 2.22. The number of ether oxygens (including phenoxy) is 1. The number of amides is 2. The van der Waals surface area contributed by atoms with E-state index in [9.17, 15) is 9.59 Å². The van der Waals surface area contributed by atoms with Crippen LogP contribution < -0.4 is 10.6 Å². The van der Waals surface area contributed by atoms with Gasteiger partial charge in [-0.2, -0.15) is 0 Å². The van der Waals surface area contributed by atoms with Gasteiger partial charge in [-0.25, -0.2) is 4.79 Å². The number of carbonyl (C=O) groups is 2. The maximum Gasteiger partial charge on any atom is 0.407 e. The molecule has 15 heavy (non-hydrogen) atoms. The van der Waals surface area contributed by atoms with E-state index in [1.807, 2.05) is 0 Å². The number of hydrogen-bond donors (Lipinski definition) is 2. The molecule has 0 saturated carbocycles. The van der Waals surface area contributed by atoms with Gasteiger partial charge in [-0.05, 0) is 6.42 Å². The molecule has 1 rings (SSSR count). The number of alkyl carbamates (subject to hydrolysis) is 1. The molecule has 2 N–H and O–H groups in total. The van der Waals surface area contributed by atoms with Crippen molar-refractivity contribution in [3.8, 4) is 0 Å². The van der Waals surface area contributed by atoms with Gasteiger partial charge >= 0.3 is 6.09 Å². The van der Waals surface area contributed by atoms with E-state index in [1.165, 1.54) is 0 Å². The Morgan fingerprint density at radius 1 is 1.60 bits per heavy atom. The van der Waals surface area contributed by atoms with Crippen LogP contribution in [0, 0.1) is 0 Å². The van der Waals surface area contributed by atoms with E-state index >= 15 is 0 Å². The van der Waals surface area contributed by atoms with Gasteiger partial charge in [0.15, 0.2) is 0 Å². The number of unbranched alkanes of at least 4 members (excludes halogenated alkanes) is 2. The summed E-state index contributed by atoms with van der Waals surface area (Å²) in [6.45, 7) is 2.99. The molecule has 0 aromatic rings. The fraction of sp³-hybridized carbons (Fsp3) is 0.800. The van der Waals surface area contributed by atoms with Gasteiger partial charge in [0.05, 0.1) is 13.1 Å². The van der Waals surface area contributed by atoms with Crippen molar-refractivity contribution in [3.63, 3.8) is 0 Å². The van der Waals surface area contributed by atoms with Crippen LogP contribution in [0.5, 0.6) is 0 Å². The van der Waals surface area contributed by atoms with Crippen LogP contribution in [0.15, 0.2) is 0 Å². The summed E-state index contributed by atoms with van der Waals surface area (Å²) < 4.78 is 4.87. The van der Waals surface area contributed by atoms with E-state index in [0.717, 1.165) is 19.3 Å². The molecule has 5 heteroatoms. The molecule has 1 atom stereocenters. The smallest absolute Gasteiger partial charge is 0.407 e. The van der Waals surface area contributed by atoms with Gasteiger partial charge in [0.2, 0.25) is 5.91 Å². The molecule has 1 fully saturated rings. The SMILES string of the molecule is CCCCCC(=O)NC[C@@H]1CNC(=O)O1. The zero-order valence-electron chi connectivity index (χ0n) is 9.04. The number of carbonyl (C=O) groups excluding carboxylic acids is 2. The zero-order chi connectivity index (χ0) is 11.1. The van der Waals surface area contributed by atoms with Gasteiger partial charge < -0.3 is 15.4 Å². The molecule has 0 aromatic heterocycles. The molecule has 5 nitrogen and oxygen atoms in total. The molecule has 86 valence electrons. The van der Waals surface area contributed by atoms with Crippen LogP contribution in [0.2, 0.25) is 0 Å². The Balaban J connectivity index is 2.03. The standard InChI is InChI=1S/C10H18N2O3/c1-2-3-4-5-9(13)11-6-8-7-12-10(14)15-8/h8H,2-7H2,1H3,(H,11,13)(H,12,14)/t8-/m1/s1. The van der Waals surface area contributed by atoms with Crippen molar-refractivity contribution in [1.29, 1.82) is 0 Å². The van der Waals surface area contributed by atoms with Crippen molar-refractivity contribution < 1.29 is 14.3 Å². The van der Waals surface area contributed by atoms with Crippen LogP contribution in [-0.4, -0.2) is 31.2 Å². The second-order valence-corrected chi connectivity index (χ2v) is 3.67. The van der Waals surface area contributed by atoms with E-state index in [2.05, 4.69) is 17.6 Å². The predicted molar refractivity (Wildman–Crippen MR) is 55.4 cm³/mol. The van der Waals surface area contributed by atoms with Crippen molar-refractivity contribution >= 4 is 12.0 Å². The molecular formula is C10H18N2O3. The molecule has 0 bridgehead atoms. The number of cyclic esters (lactones) is 1. The minimum atomic E-state index is -0.403. The van der Waals surface area contributed by atoms with Crippen LogP contribution in [0.4, 0.5) is 4.79 Å². The third kappa shape index (κ3) is 4.67. The highest BCUT2D eigenvalue weighted by atomic mass is 16.6. The Bertz CT molecular complexity index is 231. The van der Waals surface area contributed by atoms with Gasteiger partial charge in [-0.3, -0.25) is 4.79 Å². The molecule has 1 aliphatic heterocycles. The van der Waals surface area contributed by atoms with Crippen molar-refractivity contribution in [2.24, 2.45) is 0 Å². The number of hydrogen-bond acceptors (Lipinski definition) is 3. The summed E-state index contributed by atoms with van der Waals surface area (Å²) in [5, 5.41) is 5.28. The number of nitrogens with one attached hydrogen (secondary N) is 2. The molecule has 1 aliphatic rings. The summed E-state index contributed by atoms with van der Waals surface area (Å²) in [5.74, 6) is 0.0337. The largest absolute Gasteiger partial charge is 0.442 e. The lowest BCUT2D eigenvalue weighted by molar-refractivity contribution is -0.121. The van der Waals surface area contributed by atoms with Crippen LogP contribution in [-0.2, 0) is 9.53 Å². The number of rotatable bonds is 6. The van der Waals surface area contributed by atoms with E-state index in [4.69, 9.17) is 4.74 Å². The van der Waals surface area contributed by atoms with Crippen LogP contribution in [0.1, 0.15) is 32.6 Å². The Kier molecular flexibility index (Phi) is 4.93. The third-order valence-electron chi connectivity index (χ3n) is 2.28. The molecule has 0 radical (unpaired) electrons. The molecule has 2 amide bonds. The maximum atomic E-state index is 11.3. The molecule has 0 spiro atoms. The Morgan fingerprint density at radius 3 is 3.00 bits per heavy atom. The van der Waals surface area contributed by atoms with Gasteiger partial charge in [0.1, 0.15) is 6.10 Å². The first-order valence-corrected chi connectivity index (χ1v) is 5.43. The maximum absolute atomic E-state index is 11.3. The first-order chi connectivity index (χ1) is 7.22. The normalized spacial score (nSPS) is 19.5. The summed E-state index contributed by atoms with van der Waals surface area (Å²) in [6.07, 6.45) is 3.05. The van der Waals surface area contributed by atoms with Crippen LogP contribution in [0.25, 0.3) is 0 Å². The van der Waals surface area contributed by atoms with E-state index in [0.29, 0.717) is 19.5 Å². The Morgan fingerprint density at radius 2 is 2.40 bits per heavy atom. The van der Waals surface area contributed by atoms with E-state index < -0.39 is 6.09 Å². The first kappa shape index (κ1) is 11.8. The molecule has 0 aliphatic carbocycles. The summed E-state index contributed by atoms with van der Waals surface area (Å²) in [4.78, 5) is 21.9. The van der Waals surface area contributed by atoms with Gasteiger partial charge in [-0.15, -0.1) is 0 Å². The highest BCUT2D eigenvalue weighted by Crippen LogP contribution is 2.00. The Labute approximate surface area is 89.6 Å². The second-order valence-electron chi connectivity index (χ2n) is 3.67. The quantitative estimate of drug-likeness (QED) is 0.642. The van der Waals surface area contributed by atoms with E-state index in [1.54, 1.807) is 0 Å². The molecular weight excluding hydrogens is 196 g/mol. The highest BCUT2D eigenvalue weighted by molar-refractivity contribution is 5.76. The van der Waals surface area contributed by atoms with Crippen molar-refractivity contribution in [2.75, 3.05) is 13.1 Å². The van der Waals surface area contributed by atoms with E-state index in [-0.39, 0.29) is 12.0 Å². The summed E-state index contributed by atoms with van der Waals surface area (Å²) in [7, 11) is 0. The van der Waals surface area contributed by atoms with Crippen molar-refractivity contribution in [3.05, 3.63) is 0 Å². The van der Waals surface area contributed by atoms with Crippen LogP contribution >= 0.6 is 0 Å². The predicted octanol–water partition coefficient (Wildman–Crippen LogP) is 0.791. The monoisotopic (exact) mass is 214 g/mol. The topological polar surface area (TPSA) is 67.4 Å². The first-order valence-electron chi connectivity index (χ1n) is 5.43. The lowest BCUT2D eigenvalue weighted by Crippen LogP contribution is -2.33. The third-order valence-corrected chi connectivity index (χ3v) is 2.28.